The van der Waals surface area contributed by atoms with E-state index in [1.54, 1.807) is 23.4 Å². The summed E-state index contributed by atoms with van der Waals surface area (Å²) in [6.07, 6.45) is 1.59. The van der Waals surface area contributed by atoms with Gasteiger partial charge in [0.25, 0.3) is 0 Å². The van der Waals surface area contributed by atoms with E-state index in [0.717, 1.165) is 9.75 Å². The highest BCUT2D eigenvalue weighted by molar-refractivity contribution is 7.09. The number of alkyl carbamates (subject to hydrolysis) is 2. The number of hydrogen-bond acceptors (Lipinski definition) is 13. The average Bonchev–Trinajstić information content (AvgIpc) is 3.60. The third-order valence-electron chi connectivity index (χ3n) is 4.99. The number of carbonyl (C=O) groups excluding carboxylic acids is 4. The van der Waals surface area contributed by atoms with Gasteiger partial charge < -0.3 is 29.6 Å². The number of esters is 2. The first-order chi connectivity index (χ1) is 17.8. The van der Waals surface area contributed by atoms with Gasteiger partial charge in [-0.3, -0.25) is 24.5 Å². The van der Waals surface area contributed by atoms with Crippen LogP contribution in [0.2, 0.25) is 0 Å². The highest BCUT2D eigenvalue weighted by atomic mass is 32.1. The standard InChI is InChI=1S/C22H31N5O8S2/c1-4-27(9-15(5-19(28)32-2)25-21(30)34-11-17-7-23-13-36-17)10-16(6-20(29)33-3)26-22(31)35-12-18-8-24-14-37-18/h7-8,13-16H,4-6,9-12H2,1-3H3,(H,25,30)(H,26,31). The SMILES string of the molecule is CCN(CC(CC(=O)OC)NC(=O)OCc1cncs1)CC(CC(=O)OC)NC(=O)OCc1cncs1. The normalized spacial score (nSPS) is 12.3. The van der Waals surface area contributed by atoms with Crippen LogP contribution in [0.4, 0.5) is 9.59 Å². The number of amides is 2. The monoisotopic (exact) mass is 557 g/mol. The lowest BCUT2D eigenvalue weighted by atomic mass is 10.1. The van der Waals surface area contributed by atoms with E-state index in [2.05, 4.69) is 20.6 Å². The van der Waals surface area contributed by atoms with Gasteiger partial charge in [-0.2, -0.15) is 0 Å². The van der Waals surface area contributed by atoms with E-state index in [1.165, 1.54) is 36.9 Å². The van der Waals surface area contributed by atoms with Crippen molar-refractivity contribution >= 4 is 46.8 Å². The minimum atomic E-state index is -0.700. The van der Waals surface area contributed by atoms with E-state index in [-0.39, 0.29) is 39.1 Å². The van der Waals surface area contributed by atoms with Gasteiger partial charge in [0.15, 0.2) is 0 Å². The Balaban J connectivity index is 1.98. The maximum Gasteiger partial charge on any atom is 0.407 e. The number of nitrogens with one attached hydrogen (secondary N) is 2. The number of aromatic nitrogens is 2. The summed E-state index contributed by atoms with van der Waals surface area (Å²) in [5.41, 5.74) is 3.26. The molecule has 2 unspecified atom stereocenters. The Morgan fingerprint density at radius 3 is 1.59 bits per heavy atom. The van der Waals surface area contributed by atoms with Gasteiger partial charge in [0.2, 0.25) is 0 Å². The summed E-state index contributed by atoms with van der Waals surface area (Å²) in [6.45, 7) is 2.90. The predicted molar refractivity (Wildman–Crippen MR) is 134 cm³/mol. The molecule has 2 N–H and O–H groups in total. The molecule has 0 bridgehead atoms. The van der Waals surface area contributed by atoms with Crippen LogP contribution in [-0.2, 0) is 41.8 Å². The molecule has 37 heavy (non-hydrogen) atoms. The fourth-order valence-electron chi connectivity index (χ4n) is 3.16. The number of rotatable bonds is 15. The lowest BCUT2D eigenvalue weighted by Crippen LogP contribution is -2.50. The van der Waals surface area contributed by atoms with Crippen LogP contribution in [0.5, 0.6) is 0 Å². The molecule has 2 atom stereocenters. The van der Waals surface area contributed by atoms with Crippen molar-refractivity contribution in [3.05, 3.63) is 33.2 Å². The van der Waals surface area contributed by atoms with Crippen LogP contribution >= 0.6 is 22.7 Å². The zero-order chi connectivity index (χ0) is 27.0. The van der Waals surface area contributed by atoms with Crippen molar-refractivity contribution in [1.29, 1.82) is 0 Å². The largest absolute Gasteiger partial charge is 0.469 e. The maximum absolute atomic E-state index is 12.4. The highest BCUT2D eigenvalue weighted by Crippen LogP contribution is 2.09. The zero-order valence-corrected chi connectivity index (χ0v) is 22.5. The summed E-state index contributed by atoms with van der Waals surface area (Å²) in [5.74, 6) is -1.03. The third-order valence-corrected chi connectivity index (χ3v) is 6.49. The van der Waals surface area contributed by atoms with E-state index in [1.807, 2.05) is 11.8 Å². The zero-order valence-electron chi connectivity index (χ0n) is 20.8. The van der Waals surface area contributed by atoms with Crippen molar-refractivity contribution in [3.8, 4) is 0 Å². The van der Waals surface area contributed by atoms with Gasteiger partial charge in [0, 0.05) is 25.5 Å². The Labute approximate surface area is 222 Å². The fourth-order valence-corrected chi connectivity index (χ4v) is 4.18. The quantitative estimate of drug-likeness (QED) is 0.243. The summed E-state index contributed by atoms with van der Waals surface area (Å²) in [7, 11) is 2.51. The molecule has 13 nitrogen and oxygen atoms in total. The number of likely N-dealkylation sites (N-methyl/N-ethyl adjacent to an activating group) is 1. The first kappa shape index (κ1) is 29.9. The minimum Gasteiger partial charge on any atom is -0.469 e. The molecular formula is C22H31N5O8S2. The molecule has 2 rings (SSSR count). The molecular weight excluding hydrogens is 526 g/mol. The average molecular weight is 558 g/mol. The van der Waals surface area contributed by atoms with Gasteiger partial charge in [-0.1, -0.05) is 6.92 Å². The first-order valence-electron chi connectivity index (χ1n) is 11.3. The van der Waals surface area contributed by atoms with Gasteiger partial charge in [-0.05, 0) is 6.54 Å². The highest BCUT2D eigenvalue weighted by Gasteiger charge is 2.25. The molecule has 204 valence electrons. The van der Waals surface area contributed by atoms with Crippen molar-refractivity contribution in [3.63, 3.8) is 0 Å². The van der Waals surface area contributed by atoms with Crippen molar-refractivity contribution < 1.29 is 38.1 Å². The van der Waals surface area contributed by atoms with Gasteiger partial charge >= 0.3 is 24.1 Å². The van der Waals surface area contributed by atoms with Crippen molar-refractivity contribution in [2.24, 2.45) is 0 Å². The van der Waals surface area contributed by atoms with E-state index >= 15 is 0 Å². The molecule has 0 saturated heterocycles. The van der Waals surface area contributed by atoms with E-state index in [9.17, 15) is 19.2 Å². The number of thiazole rings is 2. The second-order valence-corrected chi connectivity index (χ2v) is 9.62. The summed E-state index contributed by atoms with van der Waals surface area (Å²) in [5, 5.41) is 5.37. The molecule has 0 fully saturated rings. The lowest BCUT2D eigenvalue weighted by Gasteiger charge is -2.29. The Morgan fingerprint density at radius 1 is 0.838 bits per heavy atom. The van der Waals surface area contributed by atoms with Crippen molar-refractivity contribution in [2.75, 3.05) is 33.9 Å². The van der Waals surface area contributed by atoms with Crippen molar-refractivity contribution in [2.45, 2.75) is 45.1 Å². The predicted octanol–water partition coefficient (Wildman–Crippen LogP) is 1.94. The van der Waals surface area contributed by atoms with E-state index in [4.69, 9.17) is 18.9 Å². The van der Waals surface area contributed by atoms with Crippen molar-refractivity contribution in [1.82, 2.24) is 25.5 Å². The van der Waals surface area contributed by atoms with E-state index in [0.29, 0.717) is 6.54 Å². The number of ether oxygens (including phenoxy) is 4. The number of hydrogen-bond donors (Lipinski definition) is 2. The molecule has 0 saturated carbocycles. The number of carbonyl (C=O) groups is 4. The molecule has 2 aromatic heterocycles. The summed E-state index contributed by atoms with van der Waals surface area (Å²) in [4.78, 5) is 59.9. The van der Waals surface area contributed by atoms with Crippen LogP contribution in [0.15, 0.2) is 23.4 Å². The Bertz CT molecular complexity index is 898. The topological polar surface area (TPSA) is 158 Å². The molecule has 2 amide bonds. The summed E-state index contributed by atoms with van der Waals surface area (Å²) in [6, 6.07) is -1.31. The van der Waals surface area contributed by atoms with Gasteiger partial charge in [-0.15, -0.1) is 22.7 Å². The molecule has 2 heterocycles. The van der Waals surface area contributed by atoms with Gasteiger partial charge in [-0.25, -0.2) is 9.59 Å². The van der Waals surface area contributed by atoms with Gasteiger partial charge in [0.1, 0.15) is 13.2 Å². The smallest absolute Gasteiger partial charge is 0.407 e. The van der Waals surface area contributed by atoms with Crippen LogP contribution in [0.1, 0.15) is 29.5 Å². The first-order valence-corrected chi connectivity index (χ1v) is 13.1. The second-order valence-electron chi connectivity index (χ2n) is 7.68. The van der Waals surface area contributed by atoms with Gasteiger partial charge in [0.05, 0.1) is 59.9 Å². The maximum atomic E-state index is 12.4. The summed E-state index contributed by atoms with van der Waals surface area (Å²) < 4.78 is 20.0. The summed E-state index contributed by atoms with van der Waals surface area (Å²) >= 11 is 2.70. The van der Waals surface area contributed by atoms with Crippen LogP contribution in [-0.4, -0.2) is 84.9 Å². The van der Waals surface area contributed by atoms with Crippen LogP contribution in [0.25, 0.3) is 0 Å². The van der Waals surface area contributed by atoms with E-state index < -0.39 is 36.2 Å². The molecule has 0 aliphatic heterocycles. The third kappa shape index (κ3) is 12.0. The molecule has 0 aliphatic carbocycles. The Morgan fingerprint density at radius 2 is 1.27 bits per heavy atom. The Hall–Kier alpha value is -3.30. The fraction of sp³-hybridized carbons (Fsp3) is 0.545. The number of nitrogens with zero attached hydrogens (tertiary/aromatic N) is 3. The molecule has 0 spiro atoms. The number of methoxy groups -OCH3 is 2. The van der Waals surface area contributed by atoms with Crippen LogP contribution in [0.3, 0.4) is 0 Å². The van der Waals surface area contributed by atoms with Crippen LogP contribution in [0, 0.1) is 0 Å². The molecule has 0 aromatic carbocycles. The molecule has 0 aliphatic rings. The minimum absolute atomic E-state index is 0.0493. The lowest BCUT2D eigenvalue weighted by molar-refractivity contribution is -0.141. The Kier molecular flexibility index (Phi) is 13.3. The molecule has 15 heteroatoms. The molecule has 2 aromatic rings. The van der Waals surface area contributed by atoms with Crippen LogP contribution < -0.4 is 10.6 Å². The second kappa shape index (κ2) is 16.4. The molecule has 0 radical (unpaired) electrons.